The molecule has 0 saturated heterocycles. The fourth-order valence-electron chi connectivity index (χ4n) is 2.92. The number of benzene rings is 1. The van der Waals surface area contributed by atoms with E-state index >= 15 is 0 Å². The van der Waals surface area contributed by atoms with E-state index in [4.69, 9.17) is 5.11 Å². The third kappa shape index (κ3) is 9.43. The summed E-state index contributed by atoms with van der Waals surface area (Å²) in [5, 5.41) is 27.1. The Bertz CT molecular complexity index is 651. The van der Waals surface area contributed by atoms with E-state index in [2.05, 4.69) is 16.0 Å². The Morgan fingerprint density at radius 1 is 1.03 bits per heavy atom. The van der Waals surface area contributed by atoms with Gasteiger partial charge in [0.1, 0.15) is 6.04 Å². The van der Waals surface area contributed by atoms with E-state index in [1.807, 2.05) is 51.1 Å². The van der Waals surface area contributed by atoms with Crippen LogP contribution in [0.25, 0.3) is 0 Å². The van der Waals surface area contributed by atoms with Crippen molar-refractivity contribution in [1.29, 1.82) is 0 Å². The summed E-state index contributed by atoms with van der Waals surface area (Å²) in [6, 6.07) is 7.31. The Kier molecular flexibility index (Phi) is 10.8. The van der Waals surface area contributed by atoms with Gasteiger partial charge in [-0.3, -0.25) is 9.59 Å². The maximum atomic E-state index is 12.7. The van der Waals surface area contributed by atoms with E-state index in [9.17, 15) is 19.5 Å². The summed E-state index contributed by atoms with van der Waals surface area (Å²) in [5.41, 5.74) is 0.838. The molecule has 1 unspecified atom stereocenters. The van der Waals surface area contributed by atoms with E-state index in [1.165, 1.54) is 0 Å². The van der Waals surface area contributed by atoms with Crippen molar-refractivity contribution in [2.24, 2.45) is 5.92 Å². The smallest absolute Gasteiger partial charge is 0.405 e. The van der Waals surface area contributed by atoms with E-state index in [1.54, 1.807) is 0 Å². The minimum Gasteiger partial charge on any atom is -0.465 e. The van der Waals surface area contributed by atoms with Gasteiger partial charge in [-0.1, -0.05) is 57.5 Å². The molecule has 0 bridgehead atoms. The molecule has 5 N–H and O–H groups in total. The average molecular weight is 408 g/mol. The zero-order valence-corrected chi connectivity index (χ0v) is 17.4. The number of hydrogen-bond acceptors (Lipinski definition) is 4. The molecule has 0 aliphatic carbocycles. The van der Waals surface area contributed by atoms with Crippen molar-refractivity contribution in [1.82, 2.24) is 16.0 Å². The molecular weight excluding hydrogens is 374 g/mol. The zero-order chi connectivity index (χ0) is 21.8. The van der Waals surface area contributed by atoms with Crippen molar-refractivity contribution in [3.05, 3.63) is 35.9 Å². The Morgan fingerprint density at radius 2 is 1.69 bits per heavy atom. The Morgan fingerprint density at radius 3 is 2.24 bits per heavy atom. The number of carboxylic acid groups (broad SMARTS) is 1. The number of rotatable bonds is 12. The standard InChI is InChI=1S/C21H33N3O5/c1-4-5-11-22-20(27)18(25)16(13-15-9-7-6-8-10-15)23-19(26)17(12-14(2)3)24-21(28)29/h6-10,14,16-18,24-25H,4-5,11-13H2,1-3H3,(H,22,27)(H,23,26)(H,28,29)/t16-,17-,18?/m0/s1. The van der Waals surface area contributed by atoms with E-state index < -0.39 is 36.1 Å². The lowest BCUT2D eigenvalue weighted by Crippen LogP contribution is -2.56. The maximum Gasteiger partial charge on any atom is 0.405 e. The van der Waals surface area contributed by atoms with Crippen molar-refractivity contribution in [2.45, 2.75) is 64.6 Å². The molecule has 0 radical (unpaired) electrons. The third-order valence-electron chi connectivity index (χ3n) is 4.43. The summed E-state index contributed by atoms with van der Waals surface area (Å²) in [5.74, 6) is -1.05. The molecular formula is C21H33N3O5. The van der Waals surface area contributed by atoms with Crippen LogP contribution in [0.2, 0.25) is 0 Å². The van der Waals surface area contributed by atoms with Gasteiger partial charge < -0.3 is 26.2 Å². The Balaban J connectivity index is 2.94. The predicted molar refractivity (Wildman–Crippen MR) is 110 cm³/mol. The first-order valence-corrected chi connectivity index (χ1v) is 10.0. The molecule has 0 spiro atoms. The first-order valence-electron chi connectivity index (χ1n) is 10.0. The van der Waals surface area contributed by atoms with Crippen molar-refractivity contribution < 1.29 is 24.6 Å². The summed E-state index contributed by atoms with van der Waals surface area (Å²) in [6.45, 7) is 6.18. The summed E-state index contributed by atoms with van der Waals surface area (Å²) in [7, 11) is 0. The van der Waals surface area contributed by atoms with Crippen molar-refractivity contribution in [3.63, 3.8) is 0 Å². The van der Waals surface area contributed by atoms with Gasteiger partial charge in [0, 0.05) is 6.54 Å². The van der Waals surface area contributed by atoms with Gasteiger partial charge in [0.25, 0.3) is 5.91 Å². The van der Waals surface area contributed by atoms with Gasteiger partial charge >= 0.3 is 6.09 Å². The van der Waals surface area contributed by atoms with Crippen molar-refractivity contribution in [3.8, 4) is 0 Å². The highest BCUT2D eigenvalue weighted by Gasteiger charge is 2.31. The van der Waals surface area contributed by atoms with E-state index in [-0.39, 0.29) is 12.3 Å². The SMILES string of the molecule is CCCCNC(=O)C(O)[C@H](Cc1ccccc1)NC(=O)[C@H](CC(C)C)NC(=O)O. The molecule has 0 aliphatic heterocycles. The first kappa shape index (κ1) is 24.4. The lowest BCUT2D eigenvalue weighted by molar-refractivity contribution is -0.132. The molecule has 0 aliphatic rings. The molecule has 0 heterocycles. The van der Waals surface area contributed by atoms with E-state index in [0.717, 1.165) is 18.4 Å². The summed E-state index contributed by atoms with van der Waals surface area (Å²) >= 11 is 0. The summed E-state index contributed by atoms with van der Waals surface area (Å²) < 4.78 is 0. The Labute approximate surface area is 172 Å². The highest BCUT2D eigenvalue weighted by Crippen LogP contribution is 2.10. The highest BCUT2D eigenvalue weighted by molar-refractivity contribution is 5.87. The molecule has 0 aromatic heterocycles. The fourth-order valence-corrected chi connectivity index (χ4v) is 2.92. The molecule has 29 heavy (non-hydrogen) atoms. The minimum atomic E-state index is -1.46. The molecule has 1 rings (SSSR count). The highest BCUT2D eigenvalue weighted by atomic mass is 16.4. The van der Waals surface area contributed by atoms with Gasteiger partial charge in [0.15, 0.2) is 6.10 Å². The number of aliphatic hydroxyl groups excluding tert-OH is 1. The van der Waals surface area contributed by atoms with Crippen molar-refractivity contribution >= 4 is 17.9 Å². The van der Waals surface area contributed by atoms with Crippen LogP contribution in [0.15, 0.2) is 30.3 Å². The zero-order valence-electron chi connectivity index (χ0n) is 17.4. The average Bonchev–Trinajstić information content (AvgIpc) is 2.66. The topological polar surface area (TPSA) is 128 Å². The quantitative estimate of drug-likeness (QED) is 0.337. The molecule has 0 saturated carbocycles. The van der Waals surface area contributed by atoms with Gasteiger partial charge in [0.2, 0.25) is 5.91 Å². The molecule has 8 heteroatoms. The molecule has 0 fully saturated rings. The lowest BCUT2D eigenvalue weighted by Gasteiger charge is -2.27. The fraction of sp³-hybridized carbons (Fsp3) is 0.571. The molecule has 1 aromatic carbocycles. The van der Waals surface area contributed by atoms with Crippen LogP contribution >= 0.6 is 0 Å². The molecule has 3 amide bonds. The van der Waals surface area contributed by atoms with Gasteiger partial charge in [0.05, 0.1) is 6.04 Å². The normalized spacial score (nSPS) is 14.0. The second-order valence-corrected chi connectivity index (χ2v) is 7.53. The molecule has 162 valence electrons. The number of unbranched alkanes of at least 4 members (excludes halogenated alkanes) is 1. The van der Waals surface area contributed by atoms with Crippen LogP contribution in [0.4, 0.5) is 4.79 Å². The number of carbonyl (C=O) groups is 3. The van der Waals surface area contributed by atoms with Crippen molar-refractivity contribution in [2.75, 3.05) is 6.54 Å². The van der Waals surface area contributed by atoms with Gasteiger partial charge in [-0.2, -0.15) is 0 Å². The van der Waals surface area contributed by atoms with E-state index in [0.29, 0.717) is 13.0 Å². The van der Waals surface area contributed by atoms with Gasteiger partial charge in [-0.15, -0.1) is 0 Å². The van der Waals surface area contributed by atoms with Gasteiger partial charge in [-0.25, -0.2) is 4.79 Å². The second-order valence-electron chi connectivity index (χ2n) is 7.53. The summed E-state index contributed by atoms with van der Waals surface area (Å²) in [6.07, 6.45) is -0.541. The van der Waals surface area contributed by atoms with Crippen LogP contribution in [0.3, 0.4) is 0 Å². The number of carbonyl (C=O) groups excluding carboxylic acids is 2. The third-order valence-corrected chi connectivity index (χ3v) is 4.43. The van der Waals surface area contributed by atoms with Crippen LogP contribution in [0, 0.1) is 5.92 Å². The van der Waals surface area contributed by atoms with Gasteiger partial charge in [-0.05, 0) is 30.7 Å². The molecule has 3 atom stereocenters. The number of nitrogens with one attached hydrogen (secondary N) is 3. The van der Waals surface area contributed by atoms with Crippen LogP contribution in [0.5, 0.6) is 0 Å². The Hall–Kier alpha value is -2.61. The lowest BCUT2D eigenvalue weighted by atomic mass is 9.98. The molecule has 8 nitrogen and oxygen atoms in total. The number of hydrogen-bond donors (Lipinski definition) is 5. The van der Waals surface area contributed by atoms with Crippen LogP contribution in [-0.2, 0) is 16.0 Å². The summed E-state index contributed by atoms with van der Waals surface area (Å²) in [4.78, 5) is 36.1. The minimum absolute atomic E-state index is 0.0763. The monoisotopic (exact) mass is 407 g/mol. The second kappa shape index (κ2) is 12.8. The van der Waals surface area contributed by atoms with Crippen LogP contribution in [0.1, 0.15) is 45.6 Å². The number of aliphatic hydroxyl groups is 1. The maximum absolute atomic E-state index is 12.7. The first-order chi connectivity index (χ1) is 13.7. The largest absolute Gasteiger partial charge is 0.465 e. The predicted octanol–water partition coefficient (Wildman–Crippen LogP) is 1.67. The van der Waals surface area contributed by atoms with Crippen LogP contribution < -0.4 is 16.0 Å². The van der Waals surface area contributed by atoms with Crippen LogP contribution in [-0.4, -0.2) is 52.9 Å². The molecule has 1 aromatic rings. The number of amides is 3.